The van der Waals surface area contributed by atoms with Crippen molar-refractivity contribution < 1.29 is 12.3 Å². The summed E-state index contributed by atoms with van der Waals surface area (Å²) in [6.45, 7) is 3.63. The van der Waals surface area contributed by atoms with E-state index in [0.717, 1.165) is 0 Å². The van der Waals surface area contributed by atoms with Crippen LogP contribution in [-0.2, 0) is 23.1 Å². The zero-order chi connectivity index (χ0) is 10.8. The average Bonchev–Trinajstić information content (AvgIpc) is 2.15. The second kappa shape index (κ2) is 4.00. The molecule has 1 rings (SSSR count). The summed E-state index contributed by atoms with van der Waals surface area (Å²) in [6, 6.07) is 1.68. The Labute approximate surface area is 82.4 Å². The van der Waals surface area contributed by atoms with Gasteiger partial charge in [0.1, 0.15) is 0 Å². The number of halogens is 1. The minimum absolute atomic E-state index is 0.535. The molecule has 0 aliphatic rings. The second-order valence-corrected chi connectivity index (χ2v) is 4.02. The molecule has 0 aliphatic heterocycles. The predicted octanol–water partition coefficient (Wildman–Crippen LogP) is 1.26. The minimum atomic E-state index is -4.79. The molecule has 14 heavy (non-hydrogen) atoms. The van der Waals surface area contributed by atoms with Crippen LogP contribution in [0.25, 0.3) is 0 Å². The monoisotopic (exact) mass is 218 g/mol. The van der Waals surface area contributed by atoms with Crippen LogP contribution >= 0.6 is 0 Å². The van der Waals surface area contributed by atoms with E-state index in [9.17, 15) is 12.3 Å². The average molecular weight is 218 g/mol. The highest BCUT2D eigenvalue weighted by Gasteiger charge is 2.17. The molecule has 0 atom stereocenters. The van der Waals surface area contributed by atoms with Crippen molar-refractivity contribution in [3.05, 3.63) is 17.5 Å². The van der Waals surface area contributed by atoms with Crippen molar-refractivity contribution in [2.75, 3.05) is 0 Å². The molecule has 0 amide bonds. The van der Waals surface area contributed by atoms with Gasteiger partial charge in [-0.3, -0.25) is 0 Å². The summed E-state index contributed by atoms with van der Waals surface area (Å²) in [5.74, 6) is 0. The zero-order valence-electron chi connectivity index (χ0n) is 7.99. The molecule has 0 saturated carbocycles. The number of aryl methyl sites for hydroxylation is 2. The first kappa shape index (κ1) is 11.0. The molecule has 1 aromatic heterocycles. The van der Waals surface area contributed by atoms with Gasteiger partial charge in [0.05, 0.1) is 0 Å². The third-order valence-electron chi connectivity index (χ3n) is 1.75. The first-order valence-electron chi connectivity index (χ1n) is 4.28. The molecule has 0 saturated heterocycles. The molecule has 0 unspecified atom stereocenters. The van der Waals surface area contributed by atoms with Gasteiger partial charge in [0.15, 0.2) is 0 Å². The zero-order valence-corrected chi connectivity index (χ0v) is 8.81. The molecule has 0 bridgehead atoms. The molecule has 1 aromatic rings. The van der Waals surface area contributed by atoms with Gasteiger partial charge in [0.2, 0.25) is 0 Å². The maximum absolute atomic E-state index is 12.6. The quantitative estimate of drug-likeness (QED) is 0.566. The molecule has 4 nitrogen and oxygen atoms in total. The Balaban J connectivity index is 3.32. The van der Waals surface area contributed by atoms with Gasteiger partial charge in [-0.15, -0.1) is 0 Å². The lowest BCUT2D eigenvalue weighted by Gasteiger charge is -2.01. The van der Waals surface area contributed by atoms with Crippen LogP contribution in [0.4, 0.5) is 3.89 Å². The van der Waals surface area contributed by atoms with Gasteiger partial charge < -0.3 is 0 Å². The molecule has 0 N–H and O–H groups in total. The summed E-state index contributed by atoms with van der Waals surface area (Å²) < 4.78 is 33.8. The van der Waals surface area contributed by atoms with Crippen LogP contribution in [0.2, 0.25) is 0 Å². The Morgan fingerprint density at radius 3 is 1.93 bits per heavy atom. The third-order valence-corrected chi connectivity index (χ3v) is 2.37. The standard InChI is InChI=1S/C8H11FN2O2S/c1-3-6-5-7(4-2)11-8(10-6)14(9,12)13/h5H,3-4H2,1-2H3. The number of nitrogens with zero attached hydrogens (tertiary/aromatic N) is 2. The topological polar surface area (TPSA) is 59.9 Å². The number of hydrogen-bond acceptors (Lipinski definition) is 4. The maximum Gasteiger partial charge on any atom is 0.368 e. The van der Waals surface area contributed by atoms with E-state index in [1.54, 1.807) is 6.07 Å². The fourth-order valence-corrected chi connectivity index (χ4v) is 1.45. The lowest BCUT2D eigenvalue weighted by atomic mass is 10.2. The lowest BCUT2D eigenvalue weighted by molar-refractivity contribution is 0.539. The van der Waals surface area contributed by atoms with Gasteiger partial charge in [0, 0.05) is 11.4 Å². The highest BCUT2D eigenvalue weighted by Crippen LogP contribution is 2.10. The Hall–Kier alpha value is -1.04. The highest BCUT2D eigenvalue weighted by molar-refractivity contribution is 7.86. The Kier molecular flexibility index (Phi) is 3.15. The second-order valence-electron chi connectivity index (χ2n) is 2.78. The number of hydrogen-bond donors (Lipinski definition) is 0. The van der Waals surface area contributed by atoms with Crippen LogP contribution < -0.4 is 0 Å². The number of aromatic nitrogens is 2. The Morgan fingerprint density at radius 1 is 1.21 bits per heavy atom. The molecular weight excluding hydrogens is 207 g/mol. The summed E-state index contributed by atoms with van der Waals surface area (Å²) in [4.78, 5) is 7.19. The van der Waals surface area contributed by atoms with Gasteiger partial charge in [0.25, 0.3) is 5.16 Å². The summed E-state index contributed by atoms with van der Waals surface area (Å²) in [5, 5.41) is -0.728. The molecule has 0 aromatic carbocycles. The summed E-state index contributed by atoms with van der Waals surface area (Å²) in [6.07, 6.45) is 1.11. The largest absolute Gasteiger partial charge is 0.368 e. The highest BCUT2D eigenvalue weighted by atomic mass is 32.3. The van der Waals surface area contributed by atoms with Crippen LogP contribution in [0.3, 0.4) is 0 Å². The molecule has 0 spiro atoms. The van der Waals surface area contributed by atoms with Crippen molar-refractivity contribution in [3.8, 4) is 0 Å². The van der Waals surface area contributed by atoms with Gasteiger partial charge in [-0.25, -0.2) is 9.97 Å². The first-order valence-corrected chi connectivity index (χ1v) is 5.67. The fraction of sp³-hybridized carbons (Fsp3) is 0.500. The first-order chi connectivity index (χ1) is 6.47. The summed E-state index contributed by atoms with van der Waals surface area (Å²) in [7, 11) is -4.79. The normalized spacial score (nSPS) is 11.6. The van der Waals surface area contributed by atoms with E-state index in [1.807, 2.05) is 13.8 Å². The Bertz CT molecular complexity index is 409. The van der Waals surface area contributed by atoms with E-state index in [-0.39, 0.29) is 0 Å². The molecule has 78 valence electrons. The van der Waals surface area contributed by atoms with Crippen molar-refractivity contribution in [1.82, 2.24) is 9.97 Å². The van der Waals surface area contributed by atoms with E-state index in [0.29, 0.717) is 24.2 Å². The van der Waals surface area contributed by atoms with Gasteiger partial charge in [-0.05, 0) is 18.9 Å². The van der Waals surface area contributed by atoms with Crippen LogP contribution in [0.15, 0.2) is 11.2 Å². The third kappa shape index (κ3) is 2.47. The predicted molar refractivity (Wildman–Crippen MR) is 49.1 cm³/mol. The summed E-state index contributed by atoms with van der Waals surface area (Å²) >= 11 is 0. The van der Waals surface area contributed by atoms with Crippen LogP contribution in [0.5, 0.6) is 0 Å². The van der Waals surface area contributed by atoms with Crippen LogP contribution in [0, 0.1) is 0 Å². The molecule has 1 heterocycles. The molecular formula is C8H11FN2O2S. The van der Waals surface area contributed by atoms with E-state index in [1.165, 1.54) is 0 Å². The minimum Gasteiger partial charge on any atom is -0.221 e. The van der Waals surface area contributed by atoms with Gasteiger partial charge in [-0.2, -0.15) is 8.42 Å². The van der Waals surface area contributed by atoms with Crippen molar-refractivity contribution in [2.45, 2.75) is 31.8 Å². The van der Waals surface area contributed by atoms with Crippen molar-refractivity contribution in [3.63, 3.8) is 0 Å². The van der Waals surface area contributed by atoms with Crippen molar-refractivity contribution in [2.24, 2.45) is 0 Å². The van der Waals surface area contributed by atoms with Gasteiger partial charge in [-0.1, -0.05) is 17.7 Å². The van der Waals surface area contributed by atoms with E-state index < -0.39 is 15.4 Å². The van der Waals surface area contributed by atoms with Crippen LogP contribution in [-0.4, -0.2) is 18.4 Å². The molecule has 6 heteroatoms. The van der Waals surface area contributed by atoms with E-state index in [2.05, 4.69) is 9.97 Å². The van der Waals surface area contributed by atoms with E-state index in [4.69, 9.17) is 0 Å². The van der Waals surface area contributed by atoms with Crippen LogP contribution in [0.1, 0.15) is 25.2 Å². The number of rotatable bonds is 3. The van der Waals surface area contributed by atoms with E-state index >= 15 is 0 Å². The van der Waals surface area contributed by atoms with Gasteiger partial charge >= 0.3 is 10.2 Å². The maximum atomic E-state index is 12.6. The molecule has 0 radical (unpaired) electrons. The lowest BCUT2D eigenvalue weighted by Crippen LogP contribution is -2.05. The SMILES string of the molecule is CCc1cc(CC)nc(S(=O)(=O)F)n1. The molecule has 0 aliphatic carbocycles. The van der Waals surface area contributed by atoms with Crippen molar-refractivity contribution in [1.29, 1.82) is 0 Å². The summed E-state index contributed by atoms with van der Waals surface area (Å²) in [5.41, 5.74) is 1.07. The molecule has 0 fully saturated rings. The smallest absolute Gasteiger partial charge is 0.221 e. The fourth-order valence-electron chi connectivity index (χ4n) is 0.999. The van der Waals surface area contributed by atoms with Crippen molar-refractivity contribution >= 4 is 10.2 Å². The Morgan fingerprint density at radius 2 is 1.64 bits per heavy atom.